The zero-order valence-corrected chi connectivity index (χ0v) is 15.1. The normalized spacial score (nSPS) is 16.1. The van der Waals surface area contributed by atoms with E-state index in [-0.39, 0.29) is 0 Å². The molecular weight excluding hydrogens is 336 g/mol. The van der Waals surface area contributed by atoms with E-state index in [1.807, 2.05) is 41.2 Å². The Kier molecular flexibility index (Phi) is 4.18. The van der Waals surface area contributed by atoms with Crippen LogP contribution in [0, 0.1) is 0 Å². The molecule has 0 radical (unpaired) electrons. The van der Waals surface area contributed by atoms with Crippen LogP contribution in [0.25, 0.3) is 16.7 Å². The summed E-state index contributed by atoms with van der Waals surface area (Å²) < 4.78 is 1.85. The minimum Gasteiger partial charge on any atom is -0.345 e. The third-order valence-corrected chi connectivity index (χ3v) is 5.45. The van der Waals surface area contributed by atoms with Gasteiger partial charge in [0, 0.05) is 6.54 Å². The highest BCUT2D eigenvalue weighted by molar-refractivity contribution is 5.75. The Morgan fingerprint density at radius 3 is 2.74 bits per heavy atom. The Hall–Kier alpha value is -2.99. The van der Waals surface area contributed by atoms with Gasteiger partial charge in [0.2, 0.25) is 0 Å². The fraction of sp³-hybridized carbons (Fsp3) is 0.286. The molecule has 0 spiro atoms. The lowest BCUT2D eigenvalue weighted by molar-refractivity contribution is 0.202. The van der Waals surface area contributed by atoms with Gasteiger partial charge in [0.1, 0.15) is 0 Å². The van der Waals surface area contributed by atoms with Crippen molar-refractivity contribution in [2.75, 3.05) is 13.1 Å². The standard InChI is InChI=1S/C21H22N6/c1-2-4-19(5-3-1)27-14-18(24-25-27)13-26-10-8-16(9-11-26)17-6-7-20-21(12-17)23-15-22-20/h1-7,12,14-16H,8-11,13H2,(H,22,23). The molecule has 0 saturated carbocycles. The minimum absolute atomic E-state index is 0.619. The van der Waals surface area contributed by atoms with Crippen LogP contribution >= 0.6 is 0 Å². The number of imidazole rings is 1. The lowest BCUT2D eigenvalue weighted by atomic mass is 9.89. The van der Waals surface area contributed by atoms with Crippen LogP contribution in [0.5, 0.6) is 0 Å². The Morgan fingerprint density at radius 1 is 1.04 bits per heavy atom. The molecule has 1 aliphatic rings. The smallest absolute Gasteiger partial charge is 0.0971 e. The van der Waals surface area contributed by atoms with E-state index in [1.165, 1.54) is 18.4 Å². The fourth-order valence-electron chi connectivity index (χ4n) is 3.94. The number of piperidine rings is 1. The molecule has 2 aromatic heterocycles. The Morgan fingerprint density at radius 2 is 1.89 bits per heavy atom. The van der Waals surface area contributed by atoms with Gasteiger partial charge in [-0.2, -0.15) is 0 Å². The van der Waals surface area contributed by atoms with Crippen LogP contribution in [0.15, 0.2) is 61.1 Å². The van der Waals surface area contributed by atoms with Crippen molar-refractivity contribution in [3.05, 3.63) is 72.3 Å². The predicted octanol–water partition coefficient (Wildman–Crippen LogP) is 3.52. The molecule has 0 amide bonds. The number of aromatic amines is 1. The van der Waals surface area contributed by atoms with Crippen molar-refractivity contribution in [2.24, 2.45) is 0 Å². The highest BCUT2D eigenvalue weighted by Crippen LogP contribution is 2.30. The minimum atomic E-state index is 0.619. The first kappa shape index (κ1) is 16.2. The largest absolute Gasteiger partial charge is 0.345 e. The topological polar surface area (TPSA) is 62.6 Å². The first-order chi connectivity index (χ1) is 13.3. The number of H-pyrrole nitrogens is 1. The summed E-state index contributed by atoms with van der Waals surface area (Å²) in [4.78, 5) is 10.0. The van der Waals surface area contributed by atoms with E-state index in [2.05, 4.69) is 43.4 Å². The highest BCUT2D eigenvalue weighted by atomic mass is 15.4. The molecule has 2 aromatic carbocycles. The lowest BCUT2D eigenvalue weighted by Crippen LogP contribution is -2.32. The molecule has 0 atom stereocenters. The molecule has 0 aliphatic carbocycles. The SMILES string of the molecule is c1ccc(-n2cc(CN3CCC(c4ccc5nc[nH]c5c4)CC3)nn2)cc1. The van der Waals surface area contributed by atoms with Crippen LogP contribution in [-0.2, 0) is 6.54 Å². The molecule has 6 heteroatoms. The summed E-state index contributed by atoms with van der Waals surface area (Å²) in [5, 5.41) is 8.62. The third-order valence-electron chi connectivity index (χ3n) is 5.45. The number of fused-ring (bicyclic) bond motifs is 1. The van der Waals surface area contributed by atoms with Gasteiger partial charge < -0.3 is 4.98 Å². The van der Waals surface area contributed by atoms with E-state index in [4.69, 9.17) is 0 Å². The quantitative estimate of drug-likeness (QED) is 0.606. The molecule has 4 aromatic rings. The molecule has 136 valence electrons. The van der Waals surface area contributed by atoms with E-state index < -0.39 is 0 Å². The summed E-state index contributed by atoms with van der Waals surface area (Å²) in [6.45, 7) is 3.03. The van der Waals surface area contributed by atoms with Crippen LogP contribution in [-0.4, -0.2) is 43.0 Å². The number of hydrogen-bond acceptors (Lipinski definition) is 4. The van der Waals surface area contributed by atoms with E-state index >= 15 is 0 Å². The van der Waals surface area contributed by atoms with Crippen molar-refractivity contribution < 1.29 is 0 Å². The third kappa shape index (κ3) is 3.36. The van der Waals surface area contributed by atoms with Crippen LogP contribution in [0.4, 0.5) is 0 Å². The maximum atomic E-state index is 4.35. The number of nitrogens with zero attached hydrogens (tertiary/aromatic N) is 5. The number of para-hydroxylation sites is 1. The van der Waals surface area contributed by atoms with Crippen molar-refractivity contribution >= 4 is 11.0 Å². The van der Waals surface area contributed by atoms with E-state index in [0.717, 1.165) is 42.0 Å². The highest BCUT2D eigenvalue weighted by Gasteiger charge is 2.21. The van der Waals surface area contributed by atoms with Crippen molar-refractivity contribution in [3.8, 4) is 5.69 Å². The summed E-state index contributed by atoms with van der Waals surface area (Å²) in [6, 6.07) is 16.7. The first-order valence-electron chi connectivity index (χ1n) is 9.47. The summed E-state index contributed by atoms with van der Waals surface area (Å²) >= 11 is 0. The monoisotopic (exact) mass is 358 g/mol. The fourth-order valence-corrected chi connectivity index (χ4v) is 3.94. The van der Waals surface area contributed by atoms with Gasteiger partial charge in [-0.1, -0.05) is 29.5 Å². The van der Waals surface area contributed by atoms with Crippen LogP contribution in [0.2, 0.25) is 0 Å². The molecule has 27 heavy (non-hydrogen) atoms. The lowest BCUT2D eigenvalue weighted by Gasteiger charge is -2.31. The van der Waals surface area contributed by atoms with Gasteiger partial charge in [-0.25, -0.2) is 9.67 Å². The number of hydrogen-bond donors (Lipinski definition) is 1. The van der Waals surface area contributed by atoms with Crippen LogP contribution < -0.4 is 0 Å². The molecule has 3 heterocycles. The molecule has 0 unspecified atom stereocenters. The van der Waals surface area contributed by atoms with Crippen molar-refractivity contribution in [2.45, 2.75) is 25.3 Å². The molecule has 1 saturated heterocycles. The summed E-state index contributed by atoms with van der Waals surface area (Å²) in [5.41, 5.74) is 5.66. The van der Waals surface area contributed by atoms with Crippen molar-refractivity contribution in [1.82, 2.24) is 29.9 Å². The molecular formula is C21H22N6. The Labute approximate surface area is 157 Å². The molecule has 1 fully saturated rings. The van der Waals surface area contributed by atoms with Gasteiger partial charge in [0.05, 0.1) is 34.9 Å². The van der Waals surface area contributed by atoms with Gasteiger partial charge >= 0.3 is 0 Å². The van der Waals surface area contributed by atoms with Crippen molar-refractivity contribution in [1.29, 1.82) is 0 Å². The van der Waals surface area contributed by atoms with Gasteiger partial charge in [0.15, 0.2) is 0 Å². The summed E-state index contributed by atoms with van der Waals surface area (Å²) in [5.74, 6) is 0.619. The second-order valence-electron chi connectivity index (χ2n) is 7.22. The maximum absolute atomic E-state index is 4.35. The number of rotatable bonds is 4. The van der Waals surface area contributed by atoms with Crippen LogP contribution in [0.1, 0.15) is 30.0 Å². The second kappa shape index (κ2) is 6.96. The molecule has 0 bridgehead atoms. The number of aromatic nitrogens is 5. The maximum Gasteiger partial charge on any atom is 0.0971 e. The van der Waals surface area contributed by atoms with Gasteiger partial charge in [-0.15, -0.1) is 5.10 Å². The molecule has 5 rings (SSSR count). The van der Waals surface area contributed by atoms with Crippen molar-refractivity contribution in [3.63, 3.8) is 0 Å². The zero-order chi connectivity index (χ0) is 18.1. The van der Waals surface area contributed by atoms with Crippen LogP contribution in [0.3, 0.4) is 0 Å². The second-order valence-corrected chi connectivity index (χ2v) is 7.22. The van der Waals surface area contributed by atoms with Gasteiger partial charge in [-0.3, -0.25) is 4.90 Å². The summed E-state index contributed by atoms with van der Waals surface area (Å²) in [6.07, 6.45) is 6.15. The Balaban J connectivity index is 1.21. The average Bonchev–Trinajstić information content (AvgIpc) is 3.38. The summed E-state index contributed by atoms with van der Waals surface area (Å²) in [7, 11) is 0. The molecule has 1 N–H and O–H groups in total. The number of benzene rings is 2. The average molecular weight is 358 g/mol. The van der Waals surface area contributed by atoms with E-state index in [9.17, 15) is 0 Å². The van der Waals surface area contributed by atoms with Gasteiger partial charge in [-0.05, 0) is 61.7 Å². The number of nitrogens with one attached hydrogen (secondary N) is 1. The predicted molar refractivity (Wildman–Crippen MR) is 105 cm³/mol. The van der Waals surface area contributed by atoms with E-state index in [0.29, 0.717) is 5.92 Å². The van der Waals surface area contributed by atoms with E-state index in [1.54, 1.807) is 6.33 Å². The molecule has 6 nitrogen and oxygen atoms in total. The Bertz CT molecular complexity index is 1030. The molecule has 1 aliphatic heterocycles. The zero-order valence-electron chi connectivity index (χ0n) is 15.1. The first-order valence-corrected chi connectivity index (χ1v) is 9.47. The van der Waals surface area contributed by atoms with Gasteiger partial charge in [0.25, 0.3) is 0 Å². The number of likely N-dealkylation sites (tertiary alicyclic amines) is 1.